The summed E-state index contributed by atoms with van der Waals surface area (Å²) in [5.41, 5.74) is 7.66. The monoisotopic (exact) mass is 433 g/mol. The van der Waals surface area contributed by atoms with E-state index in [2.05, 4.69) is 55.9 Å². The first kappa shape index (κ1) is 18.6. The maximum absolute atomic E-state index is 8.94. The lowest BCUT2D eigenvalue weighted by atomic mass is 10.0. The molecule has 3 aromatic carbocycles. The van der Waals surface area contributed by atoms with Crippen LogP contribution >= 0.6 is 11.6 Å². The predicted molar refractivity (Wildman–Crippen MR) is 128 cm³/mol. The molecule has 32 heavy (non-hydrogen) atoms. The van der Waals surface area contributed by atoms with Crippen LogP contribution in [0.4, 0.5) is 0 Å². The number of aromatic nitrogens is 4. The molecule has 0 aliphatic rings. The van der Waals surface area contributed by atoms with Gasteiger partial charge in [0.25, 0.3) is 0 Å². The number of hydrogen-bond donors (Lipinski definition) is 1. The van der Waals surface area contributed by atoms with Gasteiger partial charge >= 0.3 is 0 Å². The molecule has 5 nitrogen and oxygen atoms in total. The molecule has 0 bridgehead atoms. The zero-order valence-corrected chi connectivity index (χ0v) is 17.6. The van der Waals surface area contributed by atoms with Crippen LogP contribution in [0.25, 0.3) is 49.7 Å². The lowest BCUT2D eigenvalue weighted by Crippen LogP contribution is -1.94. The van der Waals surface area contributed by atoms with Crippen LogP contribution < -0.4 is 0 Å². The van der Waals surface area contributed by atoms with E-state index in [-0.39, 0.29) is 0 Å². The molecular formula is C26H16ClN5. The maximum Gasteiger partial charge on any atom is 0.108 e. The third-order valence-corrected chi connectivity index (χ3v) is 6.14. The number of halogens is 1. The van der Waals surface area contributed by atoms with Crippen molar-refractivity contribution in [3.63, 3.8) is 0 Å². The number of aromatic amines is 1. The maximum atomic E-state index is 8.94. The number of fused-ring (bicyclic) bond motifs is 4. The number of nitrogens with one attached hydrogen (secondary N) is 1. The average Bonchev–Trinajstić information content (AvgIpc) is 3.46. The molecule has 0 unspecified atom stereocenters. The van der Waals surface area contributed by atoms with Crippen molar-refractivity contribution in [2.75, 3.05) is 0 Å². The van der Waals surface area contributed by atoms with Crippen molar-refractivity contribution in [1.82, 2.24) is 19.5 Å². The van der Waals surface area contributed by atoms with Crippen LogP contribution in [-0.2, 0) is 6.42 Å². The van der Waals surface area contributed by atoms with Crippen molar-refractivity contribution in [2.45, 2.75) is 6.42 Å². The summed E-state index contributed by atoms with van der Waals surface area (Å²) in [6.45, 7) is 0. The highest BCUT2D eigenvalue weighted by Gasteiger charge is 2.14. The molecular weight excluding hydrogens is 418 g/mol. The van der Waals surface area contributed by atoms with E-state index < -0.39 is 0 Å². The van der Waals surface area contributed by atoms with Crippen molar-refractivity contribution in [2.24, 2.45) is 0 Å². The molecule has 6 rings (SSSR count). The molecule has 6 heteroatoms. The summed E-state index contributed by atoms with van der Waals surface area (Å²) < 4.78 is 2.06. The Kier molecular flexibility index (Phi) is 4.20. The summed E-state index contributed by atoms with van der Waals surface area (Å²) >= 11 is 6.70. The van der Waals surface area contributed by atoms with E-state index in [1.807, 2.05) is 42.9 Å². The van der Waals surface area contributed by atoms with Crippen LogP contribution in [0.5, 0.6) is 0 Å². The van der Waals surface area contributed by atoms with Crippen molar-refractivity contribution in [3.05, 3.63) is 90.0 Å². The van der Waals surface area contributed by atoms with E-state index in [0.29, 0.717) is 11.4 Å². The first-order chi connectivity index (χ1) is 15.7. The van der Waals surface area contributed by atoms with Gasteiger partial charge in [-0.05, 0) is 59.0 Å². The summed E-state index contributed by atoms with van der Waals surface area (Å²) in [6, 6.07) is 22.5. The number of pyridine rings is 1. The molecule has 0 saturated heterocycles. The standard InChI is InChI=1S/C26H16ClN5/c27-22-13-24-21(12-20(22)17-3-6-23-18(11-17)8-10-29-23)26-25(14-30-24)31-15-32(26)19-4-1-16(2-5-19)7-9-28/h1-6,8,10-15,29H,7H2. The highest BCUT2D eigenvalue weighted by Crippen LogP contribution is 2.36. The van der Waals surface area contributed by atoms with E-state index in [1.165, 1.54) is 0 Å². The van der Waals surface area contributed by atoms with Crippen LogP contribution in [0.3, 0.4) is 0 Å². The van der Waals surface area contributed by atoms with Crippen molar-refractivity contribution in [1.29, 1.82) is 5.26 Å². The smallest absolute Gasteiger partial charge is 0.108 e. The fourth-order valence-corrected chi connectivity index (χ4v) is 4.48. The summed E-state index contributed by atoms with van der Waals surface area (Å²) in [5, 5.41) is 11.7. The topological polar surface area (TPSA) is 70.3 Å². The van der Waals surface area contributed by atoms with Gasteiger partial charge in [0, 0.05) is 28.4 Å². The van der Waals surface area contributed by atoms with Crippen LogP contribution in [0.15, 0.2) is 79.4 Å². The number of rotatable bonds is 3. The molecule has 3 aromatic heterocycles. The van der Waals surface area contributed by atoms with Gasteiger partial charge in [-0.1, -0.05) is 29.8 Å². The highest BCUT2D eigenvalue weighted by atomic mass is 35.5. The normalized spacial score (nSPS) is 11.4. The first-order valence-electron chi connectivity index (χ1n) is 10.2. The van der Waals surface area contributed by atoms with Gasteiger partial charge in [-0.15, -0.1) is 0 Å². The second-order valence-corrected chi connectivity index (χ2v) is 8.14. The van der Waals surface area contributed by atoms with Gasteiger partial charge in [-0.3, -0.25) is 9.55 Å². The fourth-order valence-electron chi connectivity index (χ4n) is 4.22. The van der Waals surface area contributed by atoms with Gasteiger partial charge in [0.1, 0.15) is 11.8 Å². The molecule has 0 fully saturated rings. The summed E-state index contributed by atoms with van der Waals surface area (Å²) in [7, 11) is 0. The second-order valence-electron chi connectivity index (χ2n) is 7.74. The molecule has 152 valence electrons. The van der Waals surface area contributed by atoms with Crippen LogP contribution in [0, 0.1) is 11.3 Å². The van der Waals surface area contributed by atoms with Crippen molar-refractivity contribution >= 4 is 44.4 Å². The van der Waals surface area contributed by atoms with Gasteiger partial charge in [-0.25, -0.2) is 4.98 Å². The Balaban J connectivity index is 1.58. The van der Waals surface area contributed by atoms with Gasteiger partial charge < -0.3 is 4.98 Å². The zero-order chi connectivity index (χ0) is 21.7. The van der Waals surface area contributed by atoms with E-state index in [4.69, 9.17) is 16.9 Å². The first-order valence-corrected chi connectivity index (χ1v) is 10.6. The number of nitrogens with zero attached hydrogens (tertiary/aromatic N) is 4. The fraction of sp³-hybridized carbons (Fsp3) is 0.0385. The Morgan fingerprint density at radius 3 is 2.69 bits per heavy atom. The minimum absolute atomic E-state index is 0.394. The molecule has 6 aromatic rings. The quantitative estimate of drug-likeness (QED) is 0.349. The van der Waals surface area contributed by atoms with E-state index in [1.54, 1.807) is 6.20 Å². The highest BCUT2D eigenvalue weighted by molar-refractivity contribution is 6.34. The largest absolute Gasteiger partial charge is 0.361 e. The Hall–Kier alpha value is -4.14. The molecule has 0 radical (unpaired) electrons. The van der Waals surface area contributed by atoms with Gasteiger partial charge in [-0.2, -0.15) is 5.26 Å². The summed E-state index contributed by atoms with van der Waals surface area (Å²) in [4.78, 5) is 12.4. The minimum Gasteiger partial charge on any atom is -0.361 e. The molecule has 3 heterocycles. The van der Waals surface area contributed by atoms with Crippen LogP contribution in [0.2, 0.25) is 5.02 Å². The van der Waals surface area contributed by atoms with Crippen molar-refractivity contribution in [3.8, 4) is 22.9 Å². The van der Waals surface area contributed by atoms with E-state index in [0.717, 1.165) is 55.2 Å². The number of imidazole rings is 1. The molecule has 0 saturated carbocycles. The third kappa shape index (κ3) is 2.93. The lowest BCUT2D eigenvalue weighted by molar-refractivity contribution is 1.09. The second kappa shape index (κ2) is 7.23. The van der Waals surface area contributed by atoms with Gasteiger partial charge in [0.2, 0.25) is 0 Å². The molecule has 0 amide bonds. The number of benzene rings is 3. The zero-order valence-electron chi connectivity index (χ0n) is 16.9. The number of hydrogen-bond acceptors (Lipinski definition) is 3. The average molecular weight is 434 g/mol. The molecule has 0 spiro atoms. The molecule has 0 atom stereocenters. The Morgan fingerprint density at radius 1 is 0.969 bits per heavy atom. The van der Waals surface area contributed by atoms with E-state index in [9.17, 15) is 0 Å². The van der Waals surface area contributed by atoms with Gasteiger partial charge in [0.15, 0.2) is 0 Å². The molecule has 0 aliphatic carbocycles. The predicted octanol–water partition coefficient (Wildman–Crippen LogP) is 6.44. The minimum atomic E-state index is 0.394. The van der Waals surface area contributed by atoms with Crippen LogP contribution in [0.1, 0.15) is 5.56 Å². The van der Waals surface area contributed by atoms with Crippen molar-refractivity contribution < 1.29 is 0 Å². The lowest BCUT2D eigenvalue weighted by Gasteiger charge is -2.11. The Bertz CT molecular complexity index is 1670. The Morgan fingerprint density at radius 2 is 1.84 bits per heavy atom. The van der Waals surface area contributed by atoms with E-state index >= 15 is 0 Å². The van der Waals surface area contributed by atoms with Gasteiger partial charge in [0.05, 0.1) is 34.7 Å². The third-order valence-electron chi connectivity index (χ3n) is 5.82. The molecule has 1 N–H and O–H groups in total. The summed E-state index contributed by atoms with van der Waals surface area (Å²) in [6.07, 6.45) is 5.92. The SMILES string of the molecule is N#CCc1ccc(-n2cnc3cnc4cc(Cl)c(-c5ccc6[nH]ccc6c5)cc4c32)cc1. The van der Waals surface area contributed by atoms with Crippen LogP contribution in [-0.4, -0.2) is 19.5 Å². The number of H-pyrrole nitrogens is 1. The molecule has 0 aliphatic heterocycles. The number of nitriles is 1. The summed E-state index contributed by atoms with van der Waals surface area (Å²) in [5.74, 6) is 0. The Labute approximate surface area is 188 Å².